The number of alkyl halides is 1. The van der Waals surface area contributed by atoms with Gasteiger partial charge >= 0.3 is 0 Å². The van der Waals surface area contributed by atoms with Crippen molar-refractivity contribution in [1.82, 2.24) is 20.3 Å². The van der Waals surface area contributed by atoms with Crippen molar-refractivity contribution in [2.75, 3.05) is 6.54 Å². The van der Waals surface area contributed by atoms with Crippen LogP contribution in [0.1, 0.15) is 17.4 Å². The second-order valence-electron chi connectivity index (χ2n) is 2.77. The van der Waals surface area contributed by atoms with Gasteiger partial charge in [0.05, 0.1) is 6.20 Å². The quantitative estimate of drug-likeness (QED) is 0.711. The molecule has 1 unspecified atom stereocenters. The summed E-state index contributed by atoms with van der Waals surface area (Å²) in [6.45, 7) is 2.23. The molecule has 0 saturated carbocycles. The maximum absolute atomic E-state index is 11.3. The van der Waals surface area contributed by atoms with Crippen molar-refractivity contribution in [1.29, 1.82) is 0 Å². The average molecular weight is 203 g/mol. The molecule has 0 spiro atoms. The summed E-state index contributed by atoms with van der Waals surface area (Å²) in [5.74, 6) is -0.249. The van der Waals surface area contributed by atoms with Crippen molar-refractivity contribution < 1.29 is 4.79 Å². The molecule has 0 radical (unpaired) electrons. The first-order valence-corrected chi connectivity index (χ1v) is 4.32. The lowest BCUT2D eigenvalue weighted by molar-refractivity contribution is 0.0949. The van der Waals surface area contributed by atoms with Gasteiger partial charge in [0.25, 0.3) is 5.91 Å². The summed E-state index contributed by atoms with van der Waals surface area (Å²) >= 11 is 5.66. The summed E-state index contributed by atoms with van der Waals surface area (Å²) in [7, 11) is 1.70. The molecule has 1 atom stereocenters. The highest BCUT2D eigenvalue weighted by atomic mass is 35.5. The van der Waals surface area contributed by atoms with E-state index in [1.165, 1.54) is 4.68 Å². The topological polar surface area (TPSA) is 59.8 Å². The van der Waals surface area contributed by atoms with E-state index in [-0.39, 0.29) is 11.3 Å². The van der Waals surface area contributed by atoms with E-state index in [1.807, 2.05) is 0 Å². The molecular formula is C7H11ClN4O. The van der Waals surface area contributed by atoms with Crippen molar-refractivity contribution in [3.05, 3.63) is 11.9 Å². The van der Waals surface area contributed by atoms with Crippen LogP contribution in [0.4, 0.5) is 0 Å². The summed E-state index contributed by atoms with van der Waals surface area (Å²) in [5, 5.41) is 9.83. The van der Waals surface area contributed by atoms with Gasteiger partial charge < -0.3 is 5.32 Å². The first-order valence-electron chi connectivity index (χ1n) is 3.88. The first-order chi connectivity index (χ1) is 6.09. The highest BCUT2D eigenvalue weighted by Crippen LogP contribution is 1.93. The van der Waals surface area contributed by atoms with Crippen LogP contribution in [-0.2, 0) is 7.05 Å². The number of carbonyl (C=O) groups excluding carboxylic acids is 1. The molecule has 1 heterocycles. The Hall–Kier alpha value is -1.10. The van der Waals surface area contributed by atoms with Crippen molar-refractivity contribution in [2.24, 2.45) is 7.05 Å². The van der Waals surface area contributed by atoms with Crippen molar-refractivity contribution in [3.63, 3.8) is 0 Å². The molecule has 1 amide bonds. The summed E-state index contributed by atoms with van der Waals surface area (Å²) in [5.41, 5.74) is 0.305. The number of carbonyl (C=O) groups is 1. The Morgan fingerprint density at radius 1 is 1.85 bits per heavy atom. The lowest BCUT2D eigenvalue weighted by Crippen LogP contribution is -2.28. The lowest BCUT2D eigenvalue weighted by Gasteiger charge is -2.02. The fraction of sp³-hybridized carbons (Fsp3) is 0.571. The molecule has 1 aromatic rings. The number of hydrogen-bond donors (Lipinski definition) is 1. The first kappa shape index (κ1) is 9.98. The number of nitrogens with one attached hydrogen (secondary N) is 1. The second-order valence-corrected chi connectivity index (χ2v) is 3.51. The highest BCUT2D eigenvalue weighted by Gasteiger charge is 2.09. The van der Waals surface area contributed by atoms with E-state index in [2.05, 4.69) is 15.6 Å². The predicted molar refractivity (Wildman–Crippen MR) is 48.7 cm³/mol. The van der Waals surface area contributed by atoms with Crippen LogP contribution < -0.4 is 5.32 Å². The molecule has 0 bridgehead atoms. The minimum absolute atomic E-state index is 0.0828. The van der Waals surface area contributed by atoms with Gasteiger partial charge in [-0.25, -0.2) is 0 Å². The van der Waals surface area contributed by atoms with E-state index in [9.17, 15) is 4.79 Å². The van der Waals surface area contributed by atoms with Gasteiger partial charge in [0.15, 0.2) is 5.69 Å². The van der Waals surface area contributed by atoms with Crippen LogP contribution in [0.25, 0.3) is 0 Å². The van der Waals surface area contributed by atoms with E-state index in [1.54, 1.807) is 20.2 Å². The molecule has 0 aromatic carbocycles. The van der Waals surface area contributed by atoms with Crippen molar-refractivity contribution >= 4 is 17.5 Å². The van der Waals surface area contributed by atoms with E-state index in [0.29, 0.717) is 12.2 Å². The number of hydrogen-bond acceptors (Lipinski definition) is 3. The normalized spacial score (nSPS) is 12.5. The van der Waals surface area contributed by atoms with Gasteiger partial charge in [0, 0.05) is 19.0 Å². The summed E-state index contributed by atoms with van der Waals surface area (Å²) in [4.78, 5) is 11.3. The van der Waals surface area contributed by atoms with Crippen LogP contribution in [-0.4, -0.2) is 32.8 Å². The summed E-state index contributed by atoms with van der Waals surface area (Å²) in [6.07, 6.45) is 1.55. The molecule has 1 N–H and O–H groups in total. The Morgan fingerprint density at radius 3 is 3.00 bits per heavy atom. The number of halogens is 1. The molecule has 1 rings (SSSR count). The molecule has 0 fully saturated rings. The molecule has 0 aliphatic heterocycles. The zero-order valence-corrected chi connectivity index (χ0v) is 8.25. The molecule has 6 heteroatoms. The molecule has 1 aromatic heterocycles. The van der Waals surface area contributed by atoms with E-state index < -0.39 is 0 Å². The van der Waals surface area contributed by atoms with Crippen molar-refractivity contribution in [3.8, 4) is 0 Å². The maximum atomic E-state index is 11.3. The Morgan fingerprint density at radius 2 is 2.54 bits per heavy atom. The third-order valence-electron chi connectivity index (χ3n) is 1.38. The van der Waals surface area contributed by atoms with Gasteiger partial charge in [-0.3, -0.25) is 9.48 Å². The zero-order valence-electron chi connectivity index (χ0n) is 7.49. The monoisotopic (exact) mass is 202 g/mol. The Labute approximate surface area is 81.1 Å². The van der Waals surface area contributed by atoms with Crippen LogP contribution in [0.2, 0.25) is 0 Å². The summed E-state index contributed by atoms with van der Waals surface area (Å²) < 4.78 is 1.47. The molecule has 72 valence electrons. The average Bonchev–Trinajstić information content (AvgIpc) is 2.47. The highest BCUT2D eigenvalue weighted by molar-refractivity contribution is 6.20. The smallest absolute Gasteiger partial charge is 0.273 e. The Bertz CT molecular complexity index is 296. The fourth-order valence-corrected chi connectivity index (χ4v) is 0.852. The third kappa shape index (κ3) is 3.02. The Kier molecular flexibility index (Phi) is 3.25. The minimum atomic E-state index is -0.249. The van der Waals surface area contributed by atoms with Crippen LogP contribution in [0.3, 0.4) is 0 Å². The van der Waals surface area contributed by atoms with Crippen LogP contribution in [0.5, 0.6) is 0 Å². The molecule has 0 aliphatic carbocycles. The third-order valence-corrected chi connectivity index (χ3v) is 1.53. The van der Waals surface area contributed by atoms with Gasteiger partial charge in [-0.2, -0.15) is 0 Å². The van der Waals surface area contributed by atoms with E-state index >= 15 is 0 Å². The molecule has 0 aliphatic rings. The van der Waals surface area contributed by atoms with Gasteiger partial charge in [-0.05, 0) is 6.92 Å². The van der Waals surface area contributed by atoms with E-state index in [4.69, 9.17) is 11.6 Å². The maximum Gasteiger partial charge on any atom is 0.273 e. The zero-order chi connectivity index (χ0) is 9.84. The lowest BCUT2D eigenvalue weighted by atomic mass is 10.4. The van der Waals surface area contributed by atoms with Crippen LogP contribution >= 0.6 is 11.6 Å². The number of aryl methyl sites for hydroxylation is 1. The minimum Gasteiger partial charge on any atom is -0.349 e. The SMILES string of the molecule is CC(Cl)CNC(=O)c1cn(C)nn1. The van der Waals surface area contributed by atoms with Crippen LogP contribution in [0.15, 0.2) is 6.20 Å². The molecule has 5 nitrogen and oxygen atoms in total. The standard InChI is InChI=1S/C7H11ClN4O/c1-5(8)3-9-7(13)6-4-12(2)11-10-6/h4-5H,3H2,1-2H3,(H,9,13). The predicted octanol–water partition coefficient (Wildman–Crippen LogP) is 0.172. The number of aromatic nitrogens is 3. The van der Waals surface area contributed by atoms with Crippen molar-refractivity contribution in [2.45, 2.75) is 12.3 Å². The van der Waals surface area contributed by atoms with Gasteiger partial charge in [-0.15, -0.1) is 16.7 Å². The second kappa shape index (κ2) is 4.23. The number of rotatable bonds is 3. The van der Waals surface area contributed by atoms with Gasteiger partial charge in [0.2, 0.25) is 0 Å². The number of nitrogens with zero attached hydrogens (tertiary/aromatic N) is 3. The largest absolute Gasteiger partial charge is 0.349 e. The van der Waals surface area contributed by atoms with Gasteiger partial charge in [-0.1, -0.05) is 5.21 Å². The summed E-state index contributed by atoms with van der Waals surface area (Å²) in [6, 6.07) is 0. The molecule has 13 heavy (non-hydrogen) atoms. The van der Waals surface area contributed by atoms with Crippen LogP contribution in [0, 0.1) is 0 Å². The number of amides is 1. The Balaban J connectivity index is 2.49. The molecule has 0 saturated heterocycles. The van der Waals surface area contributed by atoms with E-state index in [0.717, 1.165) is 0 Å². The molecular weight excluding hydrogens is 192 g/mol. The fourth-order valence-electron chi connectivity index (χ4n) is 0.775. The van der Waals surface area contributed by atoms with Gasteiger partial charge in [0.1, 0.15) is 0 Å².